The molecule has 2 heterocycles. The van der Waals surface area contributed by atoms with Gasteiger partial charge in [0, 0.05) is 17.7 Å². The summed E-state index contributed by atoms with van der Waals surface area (Å²) in [6, 6.07) is 19.5. The maximum absolute atomic E-state index is 12.9. The topological polar surface area (TPSA) is 82.4 Å². The van der Waals surface area contributed by atoms with E-state index in [0.717, 1.165) is 41.1 Å². The van der Waals surface area contributed by atoms with Crippen molar-refractivity contribution in [1.82, 2.24) is 9.78 Å². The first-order valence-electron chi connectivity index (χ1n) is 11.7. The Morgan fingerprint density at radius 1 is 1.09 bits per heavy atom. The third-order valence-electron chi connectivity index (χ3n) is 6.12. The van der Waals surface area contributed by atoms with Crippen molar-refractivity contribution in [3.05, 3.63) is 71.9 Å². The Balaban J connectivity index is 1.43. The summed E-state index contributed by atoms with van der Waals surface area (Å²) in [6.45, 7) is 2.69. The van der Waals surface area contributed by atoms with E-state index in [2.05, 4.69) is 10.4 Å². The van der Waals surface area contributed by atoms with Crippen LogP contribution < -0.4 is 5.32 Å². The van der Waals surface area contributed by atoms with Gasteiger partial charge in [0.05, 0.1) is 18.5 Å². The van der Waals surface area contributed by atoms with Crippen molar-refractivity contribution >= 4 is 39.2 Å². The van der Waals surface area contributed by atoms with Crippen LogP contribution in [0.2, 0.25) is 0 Å². The predicted molar refractivity (Wildman–Crippen MR) is 131 cm³/mol. The summed E-state index contributed by atoms with van der Waals surface area (Å²) in [7, 11) is 0. The van der Waals surface area contributed by atoms with Gasteiger partial charge in [-0.1, -0.05) is 42.5 Å². The van der Waals surface area contributed by atoms with Gasteiger partial charge in [-0.25, -0.2) is 9.48 Å². The van der Waals surface area contributed by atoms with Crippen LogP contribution in [0.15, 0.2) is 60.7 Å². The lowest BCUT2D eigenvalue weighted by molar-refractivity contribution is -0.115. The molecule has 7 nitrogen and oxygen atoms in total. The van der Waals surface area contributed by atoms with E-state index < -0.39 is 5.97 Å². The van der Waals surface area contributed by atoms with Gasteiger partial charge in [-0.05, 0) is 60.7 Å². The Bertz CT molecular complexity index is 1350. The first-order valence-corrected chi connectivity index (χ1v) is 11.7. The van der Waals surface area contributed by atoms with E-state index in [9.17, 15) is 9.59 Å². The van der Waals surface area contributed by atoms with Crippen molar-refractivity contribution in [2.45, 2.75) is 38.8 Å². The highest BCUT2D eigenvalue weighted by Gasteiger charge is 2.25. The lowest BCUT2D eigenvalue weighted by Crippen LogP contribution is -2.19. The maximum Gasteiger partial charge on any atom is 0.359 e. The fraction of sp³-hybridized carbons (Fsp3) is 0.296. The van der Waals surface area contributed by atoms with Crippen LogP contribution in [0.5, 0.6) is 0 Å². The van der Waals surface area contributed by atoms with Gasteiger partial charge in [0.15, 0.2) is 11.9 Å². The monoisotopic (exact) mass is 457 g/mol. The minimum atomic E-state index is -0.485. The van der Waals surface area contributed by atoms with E-state index in [1.165, 1.54) is 0 Å². The van der Waals surface area contributed by atoms with Gasteiger partial charge in [-0.3, -0.25) is 4.79 Å². The van der Waals surface area contributed by atoms with Crippen molar-refractivity contribution in [3.63, 3.8) is 0 Å². The second-order valence-corrected chi connectivity index (χ2v) is 8.43. The molecular weight excluding hydrogens is 430 g/mol. The van der Waals surface area contributed by atoms with Crippen LogP contribution in [0.3, 0.4) is 0 Å². The molecule has 34 heavy (non-hydrogen) atoms. The van der Waals surface area contributed by atoms with Crippen molar-refractivity contribution in [1.29, 1.82) is 0 Å². The molecule has 3 aromatic carbocycles. The Morgan fingerprint density at radius 3 is 2.76 bits per heavy atom. The molecule has 0 bridgehead atoms. The van der Waals surface area contributed by atoms with E-state index in [1.807, 2.05) is 54.6 Å². The first-order chi connectivity index (χ1) is 16.6. The van der Waals surface area contributed by atoms with Crippen LogP contribution in [-0.4, -0.2) is 34.9 Å². The second kappa shape index (κ2) is 9.65. The molecule has 1 amide bonds. The van der Waals surface area contributed by atoms with Crippen molar-refractivity contribution in [2.24, 2.45) is 0 Å². The van der Waals surface area contributed by atoms with Crippen molar-refractivity contribution < 1.29 is 19.1 Å². The molecule has 1 aliphatic heterocycles. The number of carbonyl (C=O) groups excluding carboxylic acids is 2. The summed E-state index contributed by atoms with van der Waals surface area (Å²) < 4.78 is 12.9. The number of ether oxygens (including phenoxy) is 2. The second-order valence-electron chi connectivity index (χ2n) is 8.43. The number of nitrogens with zero attached hydrogens (tertiary/aromatic N) is 2. The average Bonchev–Trinajstić information content (AvgIpc) is 3.24. The van der Waals surface area contributed by atoms with Gasteiger partial charge in [-0.15, -0.1) is 0 Å². The molecule has 1 atom stereocenters. The molecule has 174 valence electrons. The Hall–Kier alpha value is -3.71. The lowest BCUT2D eigenvalue weighted by Gasteiger charge is -2.23. The van der Waals surface area contributed by atoms with E-state index >= 15 is 0 Å². The van der Waals surface area contributed by atoms with Crippen LogP contribution in [0.25, 0.3) is 21.7 Å². The molecular formula is C27H27N3O4. The lowest BCUT2D eigenvalue weighted by atomic mass is 10.0. The van der Waals surface area contributed by atoms with Crippen molar-refractivity contribution in [3.8, 4) is 0 Å². The highest BCUT2D eigenvalue weighted by molar-refractivity contribution is 6.04. The number of hydrogen-bond donors (Lipinski definition) is 1. The summed E-state index contributed by atoms with van der Waals surface area (Å²) in [5.41, 5.74) is 2.58. The summed E-state index contributed by atoms with van der Waals surface area (Å²) in [5, 5.41) is 10.3. The van der Waals surface area contributed by atoms with E-state index in [0.29, 0.717) is 17.7 Å². The van der Waals surface area contributed by atoms with Gasteiger partial charge in [-0.2, -0.15) is 5.10 Å². The standard InChI is InChI=1S/C27H27N3O4/c1-2-33-27(32)26-22-17-20(13-14-23(22)30(29-26)25-12-5-6-15-34-25)28-24(31)16-19-10-7-9-18-8-3-4-11-21(18)19/h3-4,7-11,13-14,17,25H,2,5-6,12,15-16H2,1H3,(H,28,31). The normalized spacial score (nSPS) is 16.0. The number of aromatic nitrogens is 2. The van der Waals surface area contributed by atoms with E-state index in [4.69, 9.17) is 9.47 Å². The molecule has 0 spiro atoms. The Labute approximate surface area is 197 Å². The summed E-state index contributed by atoms with van der Waals surface area (Å²) in [4.78, 5) is 25.5. The zero-order valence-corrected chi connectivity index (χ0v) is 19.1. The summed E-state index contributed by atoms with van der Waals surface area (Å²) in [5.74, 6) is -0.613. The molecule has 0 aliphatic carbocycles. The minimum Gasteiger partial charge on any atom is -0.461 e. The summed E-state index contributed by atoms with van der Waals surface area (Å²) >= 11 is 0. The summed E-state index contributed by atoms with van der Waals surface area (Å²) in [6.07, 6.45) is 2.93. The third-order valence-corrected chi connectivity index (χ3v) is 6.12. The average molecular weight is 458 g/mol. The maximum atomic E-state index is 12.9. The molecule has 4 aromatic rings. The first kappa shape index (κ1) is 22.1. The number of esters is 1. The van der Waals surface area contributed by atoms with Crippen LogP contribution in [0, 0.1) is 0 Å². The fourth-order valence-electron chi connectivity index (χ4n) is 4.53. The van der Waals surface area contributed by atoms with Gasteiger partial charge in [0.2, 0.25) is 5.91 Å². The highest BCUT2D eigenvalue weighted by atomic mass is 16.5. The molecule has 0 saturated carbocycles. The highest BCUT2D eigenvalue weighted by Crippen LogP contribution is 2.30. The van der Waals surface area contributed by atoms with E-state index in [1.54, 1.807) is 17.7 Å². The van der Waals surface area contributed by atoms with Crippen molar-refractivity contribution in [2.75, 3.05) is 18.5 Å². The number of rotatable bonds is 6. The molecule has 5 rings (SSSR count). The number of amides is 1. The number of benzene rings is 3. The number of hydrogen-bond acceptors (Lipinski definition) is 5. The molecule has 0 radical (unpaired) electrons. The molecule has 1 aromatic heterocycles. The van der Waals surface area contributed by atoms with Gasteiger partial charge in [0.25, 0.3) is 0 Å². The number of anilines is 1. The van der Waals surface area contributed by atoms with Crippen LogP contribution in [0.4, 0.5) is 5.69 Å². The molecule has 7 heteroatoms. The molecule has 1 aliphatic rings. The number of fused-ring (bicyclic) bond motifs is 2. The quantitative estimate of drug-likeness (QED) is 0.400. The zero-order valence-electron chi connectivity index (χ0n) is 19.1. The van der Waals surface area contributed by atoms with Gasteiger partial charge < -0.3 is 14.8 Å². The predicted octanol–water partition coefficient (Wildman–Crippen LogP) is 5.25. The largest absolute Gasteiger partial charge is 0.461 e. The van der Waals surface area contributed by atoms with Gasteiger partial charge >= 0.3 is 5.97 Å². The zero-order chi connectivity index (χ0) is 23.5. The SMILES string of the molecule is CCOC(=O)c1nn(C2CCCCO2)c2ccc(NC(=O)Cc3cccc4ccccc34)cc12. The molecule has 1 saturated heterocycles. The van der Waals surface area contributed by atoms with Crippen LogP contribution >= 0.6 is 0 Å². The Kier molecular flexibility index (Phi) is 6.27. The molecule has 1 N–H and O–H groups in total. The van der Waals surface area contributed by atoms with Gasteiger partial charge in [0.1, 0.15) is 0 Å². The molecule has 1 fully saturated rings. The minimum absolute atomic E-state index is 0.128. The Morgan fingerprint density at radius 2 is 1.94 bits per heavy atom. The fourth-order valence-corrected chi connectivity index (χ4v) is 4.53. The van der Waals surface area contributed by atoms with Crippen LogP contribution in [0.1, 0.15) is 48.5 Å². The van der Waals surface area contributed by atoms with Crippen LogP contribution in [-0.2, 0) is 20.7 Å². The molecule has 1 unspecified atom stereocenters. The number of nitrogens with one attached hydrogen (secondary N) is 1. The smallest absolute Gasteiger partial charge is 0.359 e. The number of carbonyl (C=O) groups is 2. The third kappa shape index (κ3) is 4.39. The van der Waals surface area contributed by atoms with E-state index in [-0.39, 0.29) is 30.9 Å².